The Morgan fingerprint density at radius 2 is 2.35 bits per heavy atom. The molecule has 0 radical (unpaired) electrons. The Bertz CT molecular complexity index is 599. The number of aromatic nitrogens is 1. The van der Waals surface area contributed by atoms with Crippen molar-refractivity contribution in [2.75, 3.05) is 7.11 Å². The molecular formula is C12H8N2O2S. The molecule has 17 heavy (non-hydrogen) atoms. The number of nitrogens with zero attached hydrogens (tertiary/aromatic N) is 2. The molecule has 0 saturated heterocycles. The fraction of sp³-hybridized carbons (Fsp3) is 0.0833. The summed E-state index contributed by atoms with van der Waals surface area (Å²) in [6.45, 7) is 0. The van der Waals surface area contributed by atoms with Gasteiger partial charge in [-0.3, -0.25) is 0 Å². The van der Waals surface area contributed by atoms with Crippen LogP contribution in [0.4, 0.5) is 0 Å². The van der Waals surface area contributed by atoms with Gasteiger partial charge in [0.15, 0.2) is 5.69 Å². The number of benzene rings is 1. The molecule has 0 saturated carbocycles. The van der Waals surface area contributed by atoms with Crippen LogP contribution in [0.2, 0.25) is 0 Å². The summed E-state index contributed by atoms with van der Waals surface area (Å²) in [7, 11) is 1.32. The van der Waals surface area contributed by atoms with Gasteiger partial charge >= 0.3 is 5.97 Å². The maximum absolute atomic E-state index is 11.5. The molecule has 5 heteroatoms. The lowest BCUT2D eigenvalue weighted by Gasteiger charge is -2.01. The van der Waals surface area contributed by atoms with E-state index in [-0.39, 0.29) is 5.69 Å². The van der Waals surface area contributed by atoms with E-state index in [2.05, 4.69) is 15.8 Å². The van der Waals surface area contributed by atoms with Gasteiger partial charge in [0.05, 0.1) is 29.1 Å². The summed E-state index contributed by atoms with van der Waals surface area (Å²) < 4.78 is 4.65. The maximum atomic E-state index is 11.5. The Labute approximate surface area is 102 Å². The van der Waals surface area contributed by atoms with Crippen molar-refractivity contribution in [2.24, 2.45) is 0 Å². The third-order valence-corrected chi connectivity index (χ3v) is 3.08. The van der Waals surface area contributed by atoms with E-state index in [0.29, 0.717) is 10.4 Å². The van der Waals surface area contributed by atoms with Gasteiger partial charge in [-0.25, -0.2) is 9.78 Å². The summed E-state index contributed by atoms with van der Waals surface area (Å²) in [5, 5.41) is 8.83. The number of hydrogen-bond donors (Lipinski definition) is 0. The smallest absolute Gasteiger partial charge is 0.358 e. The fourth-order valence-corrected chi connectivity index (χ4v) is 2.20. The van der Waals surface area contributed by atoms with Crippen molar-refractivity contribution in [3.63, 3.8) is 0 Å². The van der Waals surface area contributed by atoms with Crippen LogP contribution in [0.25, 0.3) is 10.4 Å². The van der Waals surface area contributed by atoms with Crippen molar-refractivity contribution >= 4 is 17.3 Å². The van der Waals surface area contributed by atoms with Gasteiger partial charge < -0.3 is 4.74 Å². The van der Waals surface area contributed by atoms with Gasteiger partial charge in [-0.1, -0.05) is 12.1 Å². The van der Waals surface area contributed by atoms with Crippen LogP contribution in [0, 0.1) is 11.3 Å². The maximum Gasteiger partial charge on any atom is 0.358 e. The Balaban J connectivity index is 2.50. The molecule has 0 aliphatic heterocycles. The Morgan fingerprint density at radius 1 is 1.53 bits per heavy atom. The van der Waals surface area contributed by atoms with Crippen molar-refractivity contribution in [1.29, 1.82) is 5.26 Å². The minimum atomic E-state index is -0.469. The van der Waals surface area contributed by atoms with E-state index < -0.39 is 5.97 Å². The molecule has 0 fully saturated rings. The van der Waals surface area contributed by atoms with Gasteiger partial charge in [-0.2, -0.15) is 5.26 Å². The largest absolute Gasteiger partial charge is 0.464 e. The second-order valence-corrected chi connectivity index (χ2v) is 4.07. The highest BCUT2D eigenvalue weighted by Gasteiger charge is 2.16. The third-order valence-electron chi connectivity index (χ3n) is 2.20. The topological polar surface area (TPSA) is 63.0 Å². The van der Waals surface area contributed by atoms with Crippen molar-refractivity contribution in [1.82, 2.24) is 4.98 Å². The number of ether oxygens (including phenoxy) is 1. The van der Waals surface area contributed by atoms with Crippen molar-refractivity contribution in [3.8, 4) is 16.5 Å². The van der Waals surface area contributed by atoms with Crippen LogP contribution in [-0.2, 0) is 4.74 Å². The van der Waals surface area contributed by atoms with Gasteiger partial charge in [0, 0.05) is 0 Å². The number of hydrogen-bond acceptors (Lipinski definition) is 5. The molecule has 1 aromatic carbocycles. The summed E-state index contributed by atoms with van der Waals surface area (Å²) in [5.74, 6) is -0.469. The van der Waals surface area contributed by atoms with Crippen LogP contribution in [0.5, 0.6) is 0 Å². The molecule has 84 valence electrons. The third kappa shape index (κ3) is 2.17. The number of thiazole rings is 1. The molecule has 0 bridgehead atoms. The SMILES string of the molecule is COC(=O)c1ncsc1-c1cccc(C#N)c1. The first kappa shape index (κ1) is 11.3. The average Bonchev–Trinajstić information content (AvgIpc) is 2.87. The van der Waals surface area contributed by atoms with Gasteiger partial charge in [-0.15, -0.1) is 11.3 Å². The first-order chi connectivity index (χ1) is 8.26. The number of methoxy groups -OCH3 is 1. The molecule has 4 nitrogen and oxygen atoms in total. The standard InChI is InChI=1S/C12H8N2O2S/c1-16-12(15)10-11(17-7-14-10)9-4-2-3-8(5-9)6-13/h2-5,7H,1H3. The first-order valence-corrected chi connectivity index (χ1v) is 5.66. The molecular weight excluding hydrogens is 236 g/mol. The quantitative estimate of drug-likeness (QED) is 0.761. The van der Waals surface area contributed by atoms with Gasteiger partial charge in [0.2, 0.25) is 0 Å². The second-order valence-electron chi connectivity index (χ2n) is 3.21. The van der Waals surface area contributed by atoms with E-state index in [1.165, 1.54) is 18.4 Å². The molecule has 0 spiro atoms. The minimum absolute atomic E-state index is 0.285. The van der Waals surface area contributed by atoms with Gasteiger partial charge in [-0.05, 0) is 17.7 Å². The zero-order valence-electron chi connectivity index (χ0n) is 9.01. The summed E-state index contributed by atoms with van der Waals surface area (Å²) in [6, 6.07) is 9.10. The van der Waals surface area contributed by atoms with Crippen molar-refractivity contribution < 1.29 is 9.53 Å². The van der Waals surface area contributed by atoms with Crippen molar-refractivity contribution in [2.45, 2.75) is 0 Å². The number of esters is 1. The monoisotopic (exact) mass is 244 g/mol. The molecule has 0 aliphatic rings. The summed E-state index contributed by atoms with van der Waals surface area (Å²) in [5.41, 5.74) is 3.21. The number of rotatable bonds is 2. The lowest BCUT2D eigenvalue weighted by atomic mass is 10.1. The Morgan fingerprint density at radius 3 is 3.06 bits per heavy atom. The predicted octanol–water partition coefficient (Wildman–Crippen LogP) is 2.47. The molecule has 0 aliphatic carbocycles. The van der Waals surface area contributed by atoms with Crippen LogP contribution in [0.15, 0.2) is 29.8 Å². The Hall–Kier alpha value is -2.19. The highest BCUT2D eigenvalue weighted by Crippen LogP contribution is 2.28. The summed E-state index contributed by atoms with van der Waals surface area (Å²) >= 11 is 1.34. The van der Waals surface area contributed by atoms with Crippen LogP contribution < -0.4 is 0 Å². The number of carbonyl (C=O) groups is 1. The normalized spacial score (nSPS) is 9.65. The van der Waals surface area contributed by atoms with E-state index in [0.717, 1.165) is 5.56 Å². The van der Waals surface area contributed by atoms with Crippen LogP contribution in [0.1, 0.15) is 16.1 Å². The molecule has 0 N–H and O–H groups in total. The summed E-state index contributed by atoms with van der Waals surface area (Å²) in [4.78, 5) is 16.2. The van der Waals surface area contributed by atoms with Crippen LogP contribution in [0.3, 0.4) is 0 Å². The van der Waals surface area contributed by atoms with E-state index in [1.54, 1.807) is 23.7 Å². The fourth-order valence-electron chi connectivity index (χ4n) is 1.42. The molecule has 2 rings (SSSR count). The zero-order valence-corrected chi connectivity index (χ0v) is 9.82. The Kier molecular flexibility index (Phi) is 3.17. The minimum Gasteiger partial charge on any atom is -0.464 e. The molecule has 1 aromatic heterocycles. The molecule has 0 atom stereocenters. The van der Waals surface area contributed by atoms with E-state index in [9.17, 15) is 4.79 Å². The van der Waals surface area contributed by atoms with Crippen LogP contribution >= 0.6 is 11.3 Å². The first-order valence-electron chi connectivity index (χ1n) is 4.78. The van der Waals surface area contributed by atoms with E-state index in [1.807, 2.05) is 6.07 Å². The number of nitriles is 1. The van der Waals surface area contributed by atoms with Crippen LogP contribution in [-0.4, -0.2) is 18.1 Å². The van der Waals surface area contributed by atoms with E-state index in [4.69, 9.17) is 5.26 Å². The second kappa shape index (κ2) is 4.76. The zero-order chi connectivity index (χ0) is 12.3. The highest BCUT2D eigenvalue weighted by atomic mass is 32.1. The molecule has 0 amide bonds. The molecule has 2 aromatic rings. The van der Waals surface area contributed by atoms with Gasteiger partial charge in [0.25, 0.3) is 0 Å². The van der Waals surface area contributed by atoms with Gasteiger partial charge in [0.1, 0.15) is 0 Å². The number of carbonyl (C=O) groups excluding carboxylic acids is 1. The average molecular weight is 244 g/mol. The molecule has 0 unspecified atom stereocenters. The lowest BCUT2D eigenvalue weighted by Crippen LogP contribution is -2.02. The molecule has 1 heterocycles. The van der Waals surface area contributed by atoms with E-state index >= 15 is 0 Å². The lowest BCUT2D eigenvalue weighted by molar-refractivity contribution is 0.0596. The highest BCUT2D eigenvalue weighted by molar-refractivity contribution is 7.13. The summed E-state index contributed by atoms with van der Waals surface area (Å²) in [6.07, 6.45) is 0. The van der Waals surface area contributed by atoms with Crippen molar-refractivity contribution in [3.05, 3.63) is 41.0 Å². The predicted molar refractivity (Wildman–Crippen MR) is 63.6 cm³/mol.